The van der Waals surface area contributed by atoms with Gasteiger partial charge < -0.3 is 0 Å². The Morgan fingerprint density at radius 3 is 2.11 bits per heavy atom. The van der Waals surface area contributed by atoms with Gasteiger partial charge in [0.05, 0.1) is 0 Å². The first kappa shape index (κ1) is 16.2. The molecule has 1 aromatic carbocycles. The molecular formula is C16H22SeW-. The normalized spacial score (nSPS) is 15.9. The number of benzene rings is 1. The molecule has 0 amide bonds. The molecule has 1 radical (unpaired) electrons. The Morgan fingerprint density at radius 1 is 1.06 bits per heavy atom. The van der Waals surface area contributed by atoms with E-state index in [0.717, 1.165) is 0 Å². The van der Waals surface area contributed by atoms with E-state index in [1.807, 2.05) is 0 Å². The fraction of sp³-hybridized carbons (Fsp3) is 0.438. The number of fused-ring (bicyclic) bond motifs is 1. The van der Waals surface area contributed by atoms with Gasteiger partial charge in [-0.25, -0.2) is 0 Å². The molecule has 0 atom stereocenters. The molecule has 0 saturated heterocycles. The Hall–Kier alpha value is 0.168. The van der Waals surface area contributed by atoms with E-state index in [1.54, 1.807) is 19.3 Å². The molecule has 2 heteroatoms. The number of rotatable bonds is 1. The van der Waals surface area contributed by atoms with E-state index in [0.29, 0.717) is 5.41 Å². The summed E-state index contributed by atoms with van der Waals surface area (Å²) in [6.45, 7) is 14.0. The van der Waals surface area contributed by atoms with E-state index < -0.39 is 13.9 Å². The summed E-state index contributed by atoms with van der Waals surface area (Å²) in [5, 5.41) is 0. The largest absolute Gasteiger partial charge is 0 e. The van der Waals surface area contributed by atoms with Gasteiger partial charge in [0.2, 0.25) is 0 Å². The predicted octanol–water partition coefficient (Wildman–Crippen LogP) is 3.91. The summed E-state index contributed by atoms with van der Waals surface area (Å²) >= 11 is -0.896. The van der Waals surface area contributed by atoms with E-state index in [2.05, 4.69) is 65.8 Å². The van der Waals surface area contributed by atoms with Gasteiger partial charge in [-0.1, -0.05) is 0 Å². The van der Waals surface area contributed by atoms with Crippen LogP contribution in [0.25, 0.3) is 5.57 Å². The van der Waals surface area contributed by atoms with Gasteiger partial charge in [-0.05, 0) is 0 Å². The van der Waals surface area contributed by atoms with Crippen LogP contribution in [0.15, 0.2) is 28.7 Å². The maximum absolute atomic E-state index is 2.36. The molecule has 1 aromatic rings. The van der Waals surface area contributed by atoms with Gasteiger partial charge >= 0.3 is 110 Å². The van der Waals surface area contributed by atoms with Crippen LogP contribution in [0.1, 0.15) is 47.1 Å². The number of hydrogen-bond acceptors (Lipinski definition) is 0. The molecule has 99 valence electrons. The van der Waals surface area contributed by atoms with Gasteiger partial charge in [-0.3, -0.25) is 0 Å². The van der Waals surface area contributed by atoms with Gasteiger partial charge in [0.25, 0.3) is 0 Å². The molecule has 18 heavy (non-hydrogen) atoms. The van der Waals surface area contributed by atoms with Gasteiger partial charge in [0.1, 0.15) is 0 Å². The average Bonchev–Trinajstić information content (AvgIpc) is 2.52. The number of allylic oxidation sites excluding steroid dienone is 2. The Kier molecular flexibility index (Phi) is 5.10. The third-order valence-corrected chi connectivity index (χ3v) is 9.31. The van der Waals surface area contributed by atoms with Crippen molar-refractivity contribution >= 4 is 23.9 Å². The van der Waals surface area contributed by atoms with E-state index in [9.17, 15) is 0 Å². The average molecular weight is 477 g/mol. The van der Waals surface area contributed by atoms with E-state index in [1.165, 1.54) is 5.56 Å². The molecule has 0 unspecified atom stereocenters. The molecule has 0 aromatic heterocycles. The van der Waals surface area contributed by atoms with E-state index >= 15 is 0 Å². The molecule has 1 heterocycles. The third kappa shape index (κ3) is 2.69. The zero-order valence-corrected chi connectivity index (χ0v) is 16.8. The molecule has 0 nitrogen and oxygen atoms in total. The van der Waals surface area contributed by atoms with Crippen molar-refractivity contribution < 1.29 is 21.1 Å². The van der Waals surface area contributed by atoms with Gasteiger partial charge in [0.15, 0.2) is 0 Å². The van der Waals surface area contributed by atoms with Crippen molar-refractivity contribution in [3.63, 3.8) is 0 Å². The van der Waals surface area contributed by atoms with E-state index in [4.69, 9.17) is 0 Å². The van der Waals surface area contributed by atoms with Crippen LogP contribution in [0.3, 0.4) is 0 Å². The molecule has 0 aliphatic carbocycles. The second-order valence-corrected chi connectivity index (χ2v) is 10.7. The molecule has 0 fully saturated rings. The van der Waals surface area contributed by atoms with Crippen molar-refractivity contribution in [1.29, 1.82) is 0 Å². The van der Waals surface area contributed by atoms with E-state index in [-0.39, 0.29) is 21.1 Å². The van der Waals surface area contributed by atoms with Crippen molar-refractivity contribution in [2.75, 3.05) is 0 Å². The summed E-state index contributed by atoms with van der Waals surface area (Å²) in [4.78, 5) is 1.62. The van der Waals surface area contributed by atoms with Crippen molar-refractivity contribution in [2.45, 2.75) is 41.5 Å². The summed E-state index contributed by atoms with van der Waals surface area (Å²) in [5.74, 6) is 0. The molecule has 2 rings (SSSR count). The van der Waals surface area contributed by atoms with Crippen LogP contribution >= 0.6 is 0 Å². The van der Waals surface area contributed by atoms with Crippen LogP contribution in [0, 0.1) is 10.2 Å². The first-order chi connectivity index (χ1) is 7.84. The quantitative estimate of drug-likeness (QED) is 0.426. The minimum absolute atomic E-state index is 0. The predicted molar refractivity (Wildman–Crippen MR) is 78.5 cm³/mol. The van der Waals surface area contributed by atoms with Crippen molar-refractivity contribution in [3.8, 4) is 0 Å². The van der Waals surface area contributed by atoms with Crippen molar-refractivity contribution in [3.05, 3.63) is 39.1 Å². The zero-order valence-electron chi connectivity index (χ0n) is 12.1. The Labute approximate surface area is 130 Å². The molecule has 0 N–H and O–H groups in total. The summed E-state index contributed by atoms with van der Waals surface area (Å²) in [6, 6.07) is 9.00. The van der Waals surface area contributed by atoms with Crippen LogP contribution < -0.4 is 4.46 Å². The minimum atomic E-state index is -0.896. The second kappa shape index (κ2) is 5.66. The molecule has 0 bridgehead atoms. The zero-order chi connectivity index (χ0) is 12.8. The van der Waals surface area contributed by atoms with Gasteiger partial charge in [0, 0.05) is 21.1 Å². The molecule has 1 aliphatic heterocycles. The molecule has 0 saturated carbocycles. The monoisotopic (exact) mass is 478 g/mol. The van der Waals surface area contributed by atoms with Crippen molar-refractivity contribution in [1.82, 2.24) is 0 Å². The fourth-order valence-electron chi connectivity index (χ4n) is 2.63. The van der Waals surface area contributed by atoms with Gasteiger partial charge in [-0.15, -0.1) is 0 Å². The summed E-state index contributed by atoms with van der Waals surface area (Å²) in [7, 11) is 0. The standard InChI is InChI=1S/C16H22Se.W/c1-11(2)17-14-10-8-7-9-13(14)12(3)15(17)16(4,5)6;/h7-10H,1-6H3;/q-1;. The van der Waals surface area contributed by atoms with Crippen LogP contribution in [0.4, 0.5) is 0 Å². The Balaban J connectivity index is 0.00000162. The van der Waals surface area contributed by atoms with Crippen LogP contribution in [0.5, 0.6) is 0 Å². The van der Waals surface area contributed by atoms with Crippen LogP contribution in [-0.4, -0.2) is 13.9 Å². The topological polar surface area (TPSA) is 0 Å². The van der Waals surface area contributed by atoms with Crippen molar-refractivity contribution in [2.24, 2.45) is 5.41 Å². The summed E-state index contributed by atoms with van der Waals surface area (Å²) in [5.41, 5.74) is 3.34. The smallest absolute Gasteiger partial charge is 0 e. The summed E-state index contributed by atoms with van der Waals surface area (Å²) in [6.07, 6.45) is 0. The Morgan fingerprint density at radius 2 is 1.61 bits per heavy atom. The Bertz CT molecular complexity index is 466. The van der Waals surface area contributed by atoms with Crippen LogP contribution in [0.2, 0.25) is 0 Å². The number of hydrogen-bond donors (Lipinski definition) is 0. The molecule has 1 aliphatic rings. The third-order valence-electron chi connectivity index (χ3n) is 3.15. The minimum Gasteiger partial charge on any atom is 0 e. The first-order valence-corrected chi connectivity index (χ1v) is 8.76. The maximum Gasteiger partial charge on any atom is 0 e. The van der Waals surface area contributed by atoms with Crippen LogP contribution in [-0.2, 0) is 21.1 Å². The fourth-order valence-corrected chi connectivity index (χ4v) is 8.41. The SMILES string of the molecule is CC1=C(C(C)(C)C)[Se]([C-](C)C)c2ccccc21.[W]. The molecule has 0 spiro atoms. The first-order valence-electron chi connectivity index (χ1n) is 6.19. The second-order valence-electron chi connectivity index (χ2n) is 5.91. The van der Waals surface area contributed by atoms with Gasteiger partial charge in [-0.2, -0.15) is 0 Å². The summed E-state index contributed by atoms with van der Waals surface area (Å²) < 4.78 is 3.34. The maximum atomic E-state index is 2.36. The molecular weight excluding hydrogens is 455 g/mol.